The Labute approximate surface area is 65.3 Å². The second-order valence-corrected chi connectivity index (χ2v) is 2.05. The lowest BCUT2D eigenvalue weighted by Gasteiger charge is -2.01. The normalized spacial score (nSPS) is 10.4. The van der Waals surface area contributed by atoms with Crippen LogP contribution >= 0.6 is 0 Å². The summed E-state index contributed by atoms with van der Waals surface area (Å²) >= 11 is 0. The Bertz CT molecular complexity index is 210. The van der Waals surface area contributed by atoms with Crippen LogP contribution in [0.5, 0.6) is 0 Å². The van der Waals surface area contributed by atoms with Crippen LogP contribution < -0.4 is 5.48 Å². The molecule has 0 saturated carbocycles. The Morgan fingerprint density at radius 1 is 1.73 bits per heavy atom. The first-order valence-corrected chi connectivity index (χ1v) is 3.52. The number of nitrogens with one attached hydrogen (secondary N) is 1. The monoisotopic (exact) mass is 156 g/mol. The van der Waals surface area contributed by atoms with Crippen molar-refractivity contribution in [3.8, 4) is 0 Å². The molecule has 0 saturated heterocycles. The molecule has 0 unspecified atom stereocenters. The first kappa shape index (κ1) is 8.16. The molecule has 1 aromatic rings. The van der Waals surface area contributed by atoms with E-state index in [9.17, 15) is 0 Å². The molecule has 0 amide bonds. The molecule has 0 fully saturated rings. The van der Waals surface area contributed by atoms with E-state index in [0.717, 1.165) is 5.82 Å². The summed E-state index contributed by atoms with van der Waals surface area (Å²) in [6.45, 7) is 3.16. The third-order valence-electron chi connectivity index (χ3n) is 1.28. The van der Waals surface area contributed by atoms with Gasteiger partial charge in [-0.2, -0.15) is 10.6 Å². The molecule has 0 aliphatic rings. The summed E-state index contributed by atoms with van der Waals surface area (Å²) in [7, 11) is 1.84. The number of hydrogen-bond acceptors (Lipinski definition) is 4. The predicted octanol–water partition coefficient (Wildman–Crippen LogP) is -0.144. The molecule has 1 heterocycles. The second-order valence-electron chi connectivity index (χ2n) is 2.05. The minimum Gasteiger partial charge on any atom is -0.302 e. The third-order valence-corrected chi connectivity index (χ3v) is 1.28. The van der Waals surface area contributed by atoms with Crippen LogP contribution in [0.3, 0.4) is 0 Å². The minimum atomic E-state index is 0.588. The van der Waals surface area contributed by atoms with E-state index < -0.39 is 0 Å². The van der Waals surface area contributed by atoms with Crippen molar-refractivity contribution in [2.75, 3.05) is 6.61 Å². The molecule has 0 aromatic carbocycles. The van der Waals surface area contributed by atoms with Gasteiger partial charge in [-0.15, -0.1) is 0 Å². The van der Waals surface area contributed by atoms with Crippen molar-refractivity contribution in [3.63, 3.8) is 0 Å². The van der Waals surface area contributed by atoms with Crippen LogP contribution in [0.4, 0.5) is 0 Å². The molecule has 0 radical (unpaired) electrons. The first-order valence-electron chi connectivity index (χ1n) is 3.52. The predicted molar refractivity (Wildman–Crippen MR) is 39.5 cm³/mol. The molecular weight excluding hydrogens is 144 g/mol. The Hall–Kier alpha value is -0.940. The van der Waals surface area contributed by atoms with Gasteiger partial charge >= 0.3 is 0 Å². The number of hydrogen-bond donors (Lipinski definition) is 1. The fraction of sp³-hybridized carbons (Fsp3) is 0.667. The fourth-order valence-electron chi connectivity index (χ4n) is 0.698. The molecule has 62 valence electrons. The molecule has 0 aliphatic carbocycles. The lowest BCUT2D eigenvalue weighted by Crippen LogP contribution is -2.16. The molecule has 0 spiro atoms. The summed E-state index contributed by atoms with van der Waals surface area (Å²) < 4.78 is 1.70. The molecule has 0 aliphatic heterocycles. The summed E-state index contributed by atoms with van der Waals surface area (Å²) in [5, 5.41) is 3.91. The number of aromatic nitrogens is 3. The number of nitrogens with zero attached hydrogens (tertiary/aromatic N) is 3. The molecular formula is C6H12N4O. The summed E-state index contributed by atoms with van der Waals surface area (Å²) in [6, 6.07) is 0. The standard InChI is InChI=1S/C6H12N4O/c1-3-11-9-4-6-7-5-8-10(6)2/h5,9H,3-4H2,1-2H3. The topological polar surface area (TPSA) is 52.0 Å². The zero-order valence-electron chi connectivity index (χ0n) is 6.74. The highest BCUT2D eigenvalue weighted by molar-refractivity contribution is 4.80. The van der Waals surface area contributed by atoms with E-state index in [4.69, 9.17) is 4.84 Å². The summed E-state index contributed by atoms with van der Waals surface area (Å²) in [4.78, 5) is 8.93. The van der Waals surface area contributed by atoms with Gasteiger partial charge in [-0.05, 0) is 6.92 Å². The third kappa shape index (κ3) is 2.28. The zero-order valence-corrected chi connectivity index (χ0v) is 6.74. The SMILES string of the molecule is CCONCc1ncnn1C. The van der Waals surface area contributed by atoms with Crippen LogP contribution in [0.15, 0.2) is 6.33 Å². The van der Waals surface area contributed by atoms with E-state index in [-0.39, 0.29) is 0 Å². The first-order chi connectivity index (χ1) is 5.34. The van der Waals surface area contributed by atoms with E-state index in [2.05, 4.69) is 15.6 Å². The minimum absolute atomic E-state index is 0.588. The van der Waals surface area contributed by atoms with Crippen molar-refractivity contribution in [2.24, 2.45) is 7.05 Å². The van der Waals surface area contributed by atoms with Gasteiger partial charge in [0.25, 0.3) is 0 Å². The molecule has 1 rings (SSSR count). The van der Waals surface area contributed by atoms with Gasteiger partial charge in [0.1, 0.15) is 12.2 Å². The van der Waals surface area contributed by atoms with Crippen molar-refractivity contribution < 1.29 is 4.84 Å². The number of aryl methyl sites for hydroxylation is 1. The smallest absolute Gasteiger partial charge is 0.142 e. The van der Waals surface area contributed by atoms with Crippen LogP contribution in [0.2, 0.25) is 0 Å². The maximum Gasteiger partial charge on any atom is 0.142 e. The summed E-state index contributed by atoms with van der Waals surface area (Å²) in [5.41, 5.74) is 2.75. The van der Waals surface area contributed by atoms with E-state index in [1.807, 2.05) is 14.0 Å². The number of hydroxylamine groups is 1. The average molecular weight is 156 g/mol. The maximum absolute atomic E-state index is 4.93. The highest BCUT2D eigenvalue weighted by Gasteiger charge is 1.97. The van der Waals surface area contributed by atoms with Gasteiger partial charge < -0.3 is 4.84 Å². The Balaban J connectivity index is 2.32. The summed E-state index contributed by atoms with van der Waals surface area (Å²) in [6.07, 6.45) is 1.52. The maximum atomic E-state index is 4.93. The van der Waals surface area contributed by atoms with Crippen molar-refractivity contribution in [1.82, 2.24) is 20.2 Å². The molecule has 5 heteroatoms. The van der Waals surface area contributed by atoms with Gasteiger partial charge in [-0.25, -0.2) is 4.98 Å². The van der Waals surface area contributed by atoms with Crippen LogP contribution in [-0.2, 0) is 18.4 Å². The Kier molecular flexibility index (Phi) is 3.00. The van der Waals surface area contributed by atoms with Crippen molar-refractivity contribution in [3.05, 3.63) is 12.2 Å². The lowest BCUT2D eigenvalue weighted by molar-refractivity contribution is 0.0442. The zero-order chi connectivity index (χ0) is 8.10. The highest BCUT2D eigenvalue weighted by Crippen LogP contribution is 1.88. The van der Waals surface area contributed by atoms with Crippen molar-refractivity contribution in [1.29, 1.82) is 0 Å². The van der Waals surface area contributed by atoms with Gasteiger partial charge in [0.05, 0.1) is 13.2 Å². The molecule has 1 N–H and O–H groups in total. The molecule has 0 bridgehead atoms. The van der Waals surface area contributed by atoms with E-state index in [0.29, 0.717) is 13.2 Å². The van der Waals surface area contributed by atoms with Gasteiger partial charge in [-0.1, -0.05) is 0 Å². The number of rotatable bonds is 4. The Morgan fingerprint density at radius 3 is 3.09 bits per heavy atom. The Morgan fingerprint density at radius 2 is 2.55 bits per heavy atom. The van der Waals surface area contributed by atoms with Gasteiger partial charge in [0, 0.05) is 7.05 Å². The molecule has 5 nitrogen and oxygen atoms in total. The van der Waals surface area contributed by atoms with Crippen LogP contribution in [0.25, 0.3) is 0 Å². The molecule has 0 atom stereocenters. The van der Waals surface area contributed by atoms with Gasteiger partial charge in [0.2, 0.25) is 0 Å². The lowest BCUT2D eigenvalue weighted by atomic mass is 10.6. The average Bonchev–Trinajstić information content (AvgIpc) is 2.37. The van der Waals surface area contributed by atoms with E-state index in [1.54, 1.807) is 4.68 Å². The van der Waals surface area contributed by atoms with Crippen molar-refractivity contribution in [2.45, 2.75) is 13.5 Å². The fourth-order valence-corrected chi connectivity index (χ4v) is 0.698. The van der Waals surface area contributed by atoms with Crippen molar-refractivity contribution >= 4 is 0 Å². The quantitative estimate of drug-likeness (QED) is 0.487. The van der Waals surface area contributed by atoms with E-state index in [1.165, 1.54) is 6.33 Å². The molecule has 11 heavy (non-hydrogen) atoms. The van der Waals surface area contributed by atoms with Gasteiger partial charge in [-0.3, -0.25) is 4.68 Å². The largest absolute Gasteiger partial charge is 0.302 e. The molecule has 1 aromatic heterocycles. The van der Waals surface area contributed by atoms with Crippen LogP contribution in [-0.4, -0.2) is 21.4 Å². The van der Waals surface area contributed by atoms with E-state index >= 15 is 0 Å². The van der Waals surface area contributed by atoms with Crippen LogP contribution in [0, 0.1) is 0 Å². The van der Waals surface area contributed by atoms with Gasteiger partial charge in [0.15, 0.2) is 0 Å². The summed E-state index contributed by atoms with van der Waals surface area (Å²) in [5.74, 6) is 0.860. The second kappa shape index (κ2) is 4.05. The highest BCUT2D eigenvalue weighted by atomic mass is 16.6. The van der Waals surface area contributed by atoms with Crippen LogP contribution in [0.1, 0.15) is 12.7 Å².